The number of carbonyl (C=O) groups excluding carboxylic acids is 1. The fraction of sp³-hybridized carbons (Fsp3) is 0.0500. The monoisotopic (exact) mass is 416 g/mol. The molecule has 0 unspecified atom stereocenters. The third kappa shape index (κ3) is 5.25. The molecule has 28 heavy (non-hydrogen) atoms. The number of nitrogens with one attached hydrogen (secondary N) is 2. The smallest absolute Gasteiger partial charge is 0.257 e. The van der Waals surface area contributed by atoms with Crippen LogP contribution >= 0.6 is 11.6 Å². The van der Waals surface area contributed by atoms with E-state index in [0.29, 0.717) is 17.2 Å². The molecule has 0 aromatic heterocycles. The van der Waals surface area contributed by atoms with Crippen molar-refractivity contribution in [3.8, 4) is 11.5 Å². The van der Waals surface area contributed by atoms with Gasteiger partial charge in [0, 0.05) is 5.69 Å². The molecule has 0 saturated heterocycles. The van der Waals surface area contributed by atoms with Crippen LogP contribution in [0.25, 0.3) is 0 Å². The number of hydrogen-bond acceptors (Lipinski definition) is 4. The number of sulfonamides is 1. The topological polar surface area (TPSA) is 84.5 Å². The summed E-state index contributed by atoms with van der Waals surface area (Å²) in [5.74, 6) is 0.594. The first-order chi connectivity index (χ1) is 13.3. The minimum absolute atomic E-state index is 0.129. The zero-order valence-electron chi connectivity index (χ0n) is 14.8. The number of carbonyl (C=O) groups is 1. The molecule has 0 fully saturated rings. The van der Waals surface area contributed by atoms with Crippen molar-refractivity contribution in [2.24, 2.45) is 0 Å². The van der Waals surface area contributed by atoms with E-state index in [4.69, 9.17) is 16.3 Å². The minimum Gasteiger partial charge on any atom is -0.455 e. The highest BCUT2D eigenvalue weighted by Gasteiger charge is 2.15. The van der Waals surface area contributed by atoms with Gasteiger partial charge < -0.3 is 10.1 Å². The molecular weight excluding hydrogens is 400 g/mol. The maximum atomic E-state index is 12.7. The van der Waals surface area contributed by atoms with E-state index in [-0.39, 0.29) is 16.3 Å². The van der Waals surface area contributed by atoms with E-state index in [1.54, 1.807) is 36.4 Å². The Kier molecular flexibility index (Phi) is 5.87. The molecule has 0 atom stereocenters. The second-order valence-corrected chi connectivity index (χ2v) is 8.09. The van der Waals surface area contributed by atoms with E-state index in [1.165, 1.54) is 18.2 Å². The zero-order valence-corrected chi connectivity index (χ0v) is 16.4. The number of amides is 1. The predicted octanol–water partition coefficient (Wildman–Crippen LogP) is 4.76. The van der Waals surface area contributed by atoms with Crippen molar-refractivity contribution < 1.29 is 17.9 Å². The van der Waals surface area contributed by atoms with Crippen molar-refractivity contribution in [3.05, 3.63) is 83.4 Å². The lowest BCUT2D eigenvalue weighted by atomic mass is 10.2. The Morgan fingerprint density at radius 1 is 0.964 bits per heavy atom. The number of para-hydroxylation sites is 3. The van der Waals surface area contributed by atoms with Crippen LogP contribution < -0.4 is 14.8 Å². The van der Waals surface area contributed by atoms with Gasteiger partial charge in [-0.25, -0.2) is 8.42 Å². The van der Waals surface area contributed by atoms with E-state index in [1.807, 2.05) is 18.2 Å². The molecule has 3 rings (SSSR count). The summed E-state index contributed by atoms with van der Waals surface area (Å²) in [6.07, 6.45) is 1.03. The first kappa shape index (κ1) is 19.7. The van der Waals surface area contributed by atoms with Crippen LogP contribution in [0.5, 0.6) is 11.5 Å². The minimum atomic E-state index is -3.48. The summed E-state index contributed by atoms with van der Waals surface area (Å²) in [4.78, 5) is 12.7. The quantitative estimate of drug-likeness (QED) is 0.607. The number of anilines is 2. The molecular formula is C20H17ClN2O4S. The van der Waals surface area contributed by atoms with Crippen LogP contribution in [0, 0.1) is 0 Å². The molecule has 6 nitrogen and oxygen atoms in total. The van der Waals surface area contributed by atoms with E-state index in [0.717, 1.165) is 6.26 Å². The molecule has 0 aliphatic carbocycles. The van der Waals surface area contributed by atoms with Crippen molar-refractivity contribution in [2.45, 2.75) is 0 Å². The van der Waals surface area contributed by atoms with Gasteiger partial charge in [-0.2, -0.15) is 0 Å². The van der Waals surface area contributed by atoms with Crippen LogP contribution in [0.2, 0.25) is 5.02 Å². The summed E-state index contributed by atoms with van der Waals surface area (Å²) < 4.78 is 31.0. The molecule has 3 aromatic carbocycles. The molecule has 144 valence electrons. The second kappa shape index (κ2) is 8.33. The number of benzene rings is 3. The van der Waals surface area contributed by atoms with Crippen LogP contribution in [0.1, 0.15) is 10.4 Å². The second-order valence-electron chi connectivity index (χ2n) is 5.93. The third-order valence-corrected chi connectivity index (χ3v) is 4.56. The Bertz CT molecular complexity index is 1100. The molecule has 2 N–H and O–H groups in total. The summed E-state index contributed by atoms with van der Waals surface area (Å²) in [6, 6.07) is 20.4. The van der Waals surface area contributed by atoms with E-state index in [2.05, 4.69) is 10.0 Å². The number of halogens is 1. The van der Waals surface area contributed by atoms with Gasteiger partial charge in [0.2, 0.25) is 10.0 Å². The third-order valence-electron chi connectivity index (χ3n) is 3.62. The van der Waals surface area contributed by atoms with E-state index >= 15 is 0 Å². The van der Waals surface area contributed by atoms with E-state index < -0.39 is 15.9 Å². The van der Waals surface area contributed by atoms with Gasteiger partial charge in [0.15, 0.2) is 5.75 Å². The molecule has 0 spiro atoms. The Morgan fingerprint density at radius 2 is 1.64 bits per heavy atom. The molecule has 8 heteroatoms. The molecule has 1 amide bonds. The predicted molar refractivity (Wildman–Crippen MR) is 111 cm³/mol. The highest BCUT2D eigenvalue weighted by molar-refractivity contribution is 7.92. The molecule has 3 aromatic rings. The van der Waals surface area contributed by atoms with Crippen molar-refractivity contribution in [1.82, 2.24) is 0 Å². The fourth-order valence-electron chi connectivity index (χ4n) is 2.44. The van der Waals surface area contributed by atoms with Crippen LogP contribution in [0.15, 0.2) is 72.8 Å². The van der Waals surface area contributed by atoms with Crippen LogP contribution in [-0.4, -0.2) is 20.6 Å². The molecule has 0 aliphatic heterocycles. The normalized spacial score (nSPS) is 10.9. The average Bonchev–Trinajstić information content (AvgIpc) is 2.64. The first-order valence-corrected chi connectivity index (χ1v) is 10.5. The lowest BCUT2D eigenvalue weighted by molar-refractivity contribution is 0.102. The SMILES string of the molecule is CS(=O)(=O)Nc1ccc(Cl)c(C(=O)Nc2ccccc2Oc2ccccc2)c1. The van der Waals surface area contributed by atoms with Crippen LogP contribution in [0.4, 0.5) is 11.4 Å². The van der Waals surface area contributed by atoms with Crippen molar-refractivity contribution in [1.29, 1.82) is 0 Å². The average molecular weight is 417 g/mol. The molecule has 0 heterocycles. The van der Waals surface area contributed by atoms with Gasteiger partial charge >= 0.3 is 0 Å². The van der Waals surface area contributed by atoms with E-state index in [9.17, 15) is 13.2 Å². The van der Waals surface area contributed by atoms with Crippen LogP contribution in [-0.2, 0) is 10.0 Å². The summed E-state index contributed by atoms with van der Waals surface area (Å²) in [5, 5.41) is 2.94. The van der Waals surface area contributed by atoms with Gasteiger partial charge in [0.25, 0.3) is 5.91 Å². The van der Waals surface area contributed by atoms with Crippen molar-refractivity contribution in [2.75, 3.05) is 16.3 Å². The molecule has 0 radical (unpaired) electrons. The standard InChI is InChI=1S/C20H17ClN2O4S/c1-28(25,26)23-14-11-12-17(21)16(13-14)20(24)22-18-9-5-6-10-19(18)27-15-7-3-2-4-8-15/h2-13,23H,1H3,(H,22,24). The van der Waals surface area contributed by atoms with Gasteiger partial charge in [0.1, 0.15) is 5.75 Å². The Morgan fingerprint density at radius 3 is 2.36 bits per heavy atom. The Hall–Kier alpha value is -3.03. The lowest BCUT2D eigenvalue weighted by Crippen LogP contribution is -2.15. The van der Waals surface area contributed by atoms with Gasteiger partial charge in [-0.3, -0.25) is 9.52 Å². The fourth-order valence-corrected chi connectivity index (χ4v) is 3.20. The maximum absolute atomic E-state index is 12.7. The van der Waals surface area contributed by atoms with Gasteiger partial charge in [-0.15, -0.1) is 0 Å². The van der Waals surface area contributed by atoms with Gasteiger partial charge in [-0.1, -0.05) is 41.9 Å². The molecule has 0 bridgehead atoms. The molecule has 0 aliphatic rings. The first-order valence-electron chi connectivity index (χ1n) is 8.22. The Labute approximate surface area is 168 Å². The van der Waals surface area contributed by atoms with Crippen LogP contribution in [0.3, 0.4) is 0 Å². The summed E-state index contributed by atoms with van der Waals surface area (Å²) in [6.45, 7) is 0. The maximum Gasteiger partial charge on any atom is 0.257 e. The van der Waals surface area contributed by atoms with Crippen molar-refractivity contribution in [3.63, 3.8) is 0 Å². The molecule has 0 saturated carbocycles. The highest BCUT2D eigenvalue weighted by atomic mass is 35.5. The number of ether oxygens (including phenoxy) is 1. The summed E-state index contributed by atoms with van der Waals surface area (Å²) in [7, 11) is -3.48. The van der Waals surface area contributed by atoms with Gasteiger partial charge in [0.05, 0.1) is 22.5 Å². The lowest BCUT2D eigenvalue weighted by Gasteiger charge is -2.13. The summed E-state index contributed by atoms with van der Waals surface area (Å²) in [5.41, 5.74) is 0.824. The largest absolute Gasteiger partial charge is 0.455 e. The van der Waals surface area contributed by atoms with Gasteiger partial charge in [-0.05, 0) is 42.5 Å². The zero-order chi connectivity index (χ0) is 20.1. The number of rotatable bonds is 6. The van der Waals surface area contributed by atoms with Crippen molar-refractivity contribution >= 4 is 38.9 Å². The Balaban J connectivity index is 1.85. The summed E-state index contributed by atoms with van der Waals surface area (Å²) >= 11 is 6.13. The number of hydrogen-bond donors (Lipinski definition) is 2. The highest BCUT2D eigenvalue weighted by Crippen LogP contribution is 2.30.